The fourth-order valence-corrected chi connectivity index (χ4v) is 5.79. The number of anilines is 3. The second-order valence-corrected chi connectivity index (χ2v) is 10.1. The third-order valence-corrected chi connectivity index (χ3v) is 8.07. The molecule has 0 spiro atoms. The Hall–Kier alpha value is -2.76. The molecule has 1 aromatic carbocycles. The van der Waals surface area contributed by atoms with Gasteiger partial charge in [0.25, 0.3) is 0 Å². The number of nitrogens with one attached hydrogen (secondary N) is 1. The van der Waals surface area contributed by atoms with Gasteiger partial charge in [-0.3, -0.25) is 4.79 Å². The van der Waals surface area contributed by atoms with E-state index in [0.29, 0.717) is 57.9 Å². The van der Waals surface area contributed by atoms with E-state index < -0.39 is 10.0 Å². The van der Waals surface area contributed by atoms with Crippen molar-refractivity contribution in [2.45, 2.75) is 17.7 Å². The highest BCUT2D eigenvalue weighted by atomic mass is 32.2. The first-order chi connectivity index (χ1) is 15.5. The van der Waals surface area contributed by atoms with Crippen LogP contribution in [-0.2, 0) is 26.0 Å². The molecule has 1 amide bonds. The third-order valence-electron chi connectivity index (χ3n) is 6.18. The van der Waals surface area contributed by atoms with E-state index in [4.69, 9.17) is 4.74 Å². The molecule has 3 aliphatic rings. The van der Waals surface area contributed by atoms with E-state index in [1.54, 1.807) is 24.4 Å². The third kappa shape index (κ3) is 4.15. The lowest BCUT2D eigenvalue weighted by Gasteiger charge is -2.35. The summed E-state index contributed by atoms with van der Waals surface area (Å²) in [6.45, 7) is 4.87. The summed E-state index contributed by atoms with van der Waals surface area (Å²) in [6.07, 6.45) is 2.66. The minimum atomic E-state index is -3.60. The number of ether oxygens (including phenoxy) is 1. The van der Waals surface area contributed by atoms with Crippen molar-refractivity contribution in [3.05, 3.63) is 36.0 Å². The predicted octanol–water partition coefficient (Wildman–Crippen LogP) is 0.709. The molecule has 5 rings (SSSR count). The Morgan fingerprint density at radius 1 is 0.938 bits per heavy atom. The molecule has 32 heavy (non-hydrogen) atoms. The summed E-state index contributed by atoms with van der Waals surface area (Å²) in [5, 5.41) is 11.2. The SMILES string of the molecule is O=C1CCc2cc(S(=O)(=O)N3CCN(c4cnnc(N5CCOCC5)c4)CC3)ccc2N1. The zero-order chi connectivity index (χ0) is 22.1. The number of hydrogen-bond donors (Lipinski definition) is 1. The van der Waals surface area contributed by atoms with E-state index in [0.717, 1.165) is 30.2 Å². The summed E-state index contributed by atoms with van der Waals surface area (Å²) >= 11 is 0. The molecule has 11 heteroatoms. The van der Waals surface area contributed by atoms with Crippen molar-refractivity contribution in [1.29, 1.82) is 0 Å². The fourth-order valence-electron chi connectivity index (χ4n) is 4.32. The van der Waals surface area contributed by atoms with Crippen LogP contribution >= 0.6 is 0 Å². The van der Waals surface area contributed by atoms with Gasteiger partial charge in [-0.15, -0.1) is 5.10 Å². The second-order valence-electron chi connectivity index (χ2n) is 8.13. The van der Waals surface area contributed by atoms with Gasteiger partial charge in [0.1, 0.15) is 0 Å². The first kappa shape index (κ1) is 21.1. The Labute approximate surface area is 187 Å². The maximum absolute atomic E-state index is 13.2. The van der Waals surface area contributed by atoms with Gasteiger partial charge < -0.3 is 19.9 Å². The number of aryl methyl sites for hydroxylation is 1. The van der Waals surface area contributed by atoms with Gasteiger partial charge in [0.05, 0.1) is 30.0 Å². The van der Waals surface area contributed by atoms with E-state index >= 15 is 0 Å². The quantitative estimate of drug-likeness (QED) is 0.714. The number of carbonyl (C=O) groups excluding carboxylic acids is 1. The van der Waals surface area contributed by atoms with Crippen molar-refractivity contribution < 1.29 is 17.9 Å². The Balaban J connectivity index is 1.27. The monoisotopic (exact) mass is 458 g/mol. The molecule has 10 nitrogen and oxygen atoms in total. The number of hydrogen-bond acceptors (Lipinski definition) is 8. The number of nitrogens with zero attached hydrogens (tertiary/aromatic N) is 5. The number of rotatable bonds is 4. The number of amides is 1. The maximum atomic E-state index is 13.2. The van der Waals surface area contributed by atoms with E-state index in [2.05, 4.69) is 25.3 Å². The summed E-state index contributed by atoms with van der Waals surface area (Å²) in [5.74, 6) is 0.786. The summed E-state index contributed by atoms with van der Waals surface area (Å²) in [6, 6.07) is 6.97. The van der Waals surface area contributed by atoms with Gasteiger partial charge >= 0.3 is 0 Å². The summed E-state index contributed by atoms with van der Waals surface area (Å²) in [4.78, 5) is 16.1. The predicted molar refractivity (Wildman–Crippen MR) is 119 cm³/mol. The molecule has 2 fully saturated rings. The van der Waals surface area contributed by atoms with Crippen LogP contribution in [0.4, 0.5) is 17.2 Å². The van der Waals surface area contributed by atoms with Crippen LogP contribution in [0.3, 0.4) is 0 Å². The zero-order valence-corrected chi connectivity index (χ0v) is 18.6. The molecule has 0 atom stereocenters. The molecular weight excluding hydrogens is 432 g/mol. The molecule has 0 saturated carbocycles. The molecular formula is C21H26N6O4S. The van der Waals surface area contributed by atoms with Crippen molar-refractivity contribution in [1.82, 2.24) is 14.5 Å². The Kier molecular flexibility index (Phi) is 5.70. The Morgan fingerprint density at radius 2 is 1.72 bits per heavy atom. The van der Waals surface area contributed by atoms with Crippen molar-refractivity contribution >= 4 is 33.1 Å². The molecule has 1 N–H and O–H groups in total. The minimum absolute atomic E-state index is 0.0355. The smallest absolute Gasteiger partial charge is 0.243 e. The largest absolute Gasteiger partial charge is 0.378 e. The molecule has 0 bridgehead atoms. The van der Waals surface area contributed by atoms with Crippen LogP contribution in [0.15, 0.2) is 35.4 Å². The number of aromatic nitrogens is 2. The minimum Gasteiger partial charge on any atom is -0.378 e. The van der Waals surface area contributed by atoms with Crippen molar-refractivity contribution in [3.63, 3.8) is 0 Å². The number of fused-ring (bicyclic) bond motifs is 1. The molecule has 170 valence electrons. The maximum Gasteiger partial charge on any atom is 0.243 e. The first-order valence-corrected chi connectivity index (χ1v) is 12.3. The van der Waals surface area contributed by atoms with Crippen LogP contribution < -0.4 is 15.1 Å². The fraction of sp³-hybridized carbons (Fsp3) is 0.476. The van der Waals surface area contributed by atoms with Gasteiger partial charge in [0, 0.05) is 57.4 Å². The zero-order valence-electron chi connectivity index (χ0n) is 17.7. The van der Waals surface area contributed by atoms with Crippen LogP contribution in [0.5, 0.6) is 0 Å². The van der Waals surface area contributed by atoms with Crippen LogP contribution in [0.1, 0.15) is 12.0 Å². The molecule has 0 radical (unpaired) electrons. The van der Waals surface area contributed by atoms with Crippen molar-refractivity contribution in [2.24, 2.45) is 0 Å². The Bertz CT molecular complexity index is 1110. The van der Waals surface area contributed by atoms with Gasteiger partial charge in [0.2, 0.25) is 15.9 Å². The molecule has 2 saturated heterocycles. The van der Waals surface area contributed by atoms with Crippen molar-refractivity contribution in [2.75, 3.05) is 67.6 Å². The van der Waals surface area contributed by atoms with Crippen LogP contribution in [0.2, 0.25) is 0 Å². The molecule has 2 aromatic rings. The first-order valence-electron chi connectivity index (χ1n) is 10.8. The van der Waals surface area contributed by atoms with Crippen LogP contribution in [0, 0.1) is 0 Å². The molecule has 4 heterocycles. The Morgan fingerprint density at radius 3 is 2.50 bits per heavy atom. The number of morpholine rings is 1. The highest BCUT2D eigenvalue weighted by Gasteiger charge is 2.30. The molecule has 0 unspecified atom stereocenters. The van der Waals surface area contributed by atoms with Gasteiger partial charge in [-0.2, -0.15) is 9.40 Å². The van der Waals surface area contributed by atoms with E-state index in [1.807, 2.05) is 6.07 Å². The number of piperazine rings is 1. The van der Waals surface area contributed by atoms with Gasteiger partial charge in [0.15, 0.2) is 5.82 Å². The summed E-state index contributed by atoms with van der Waals surface area (Å²) in [7, 11) is -3.60. The van der Waals surface area contributed by atoms with E-state index in [-0.39, 0.29) is 10.8 Å². The van der Waals surface area contributed by atoms with Gasteiger partial charge in [-0.25, -0.2) is 8.42 Å². The molecule has 3 aliphatic heterocycles. The lowest BCUT2D eigenvalue weighted by atomic mass is 10.0. The second kappa shape index (κ2) is 8.64. The average Bonchev–Trinajstić information content (AvgIpc) is 2.84. The average molecular weight is 459 g/mol. The van der Waals surface area contributed by atoms with E-state index in [9.17, 15) is 13.2 Å². The standard InChI is InChI=1S/C21H26N6O4S/c28-21-4-1-16-13-18(2-3-19(16)23-21)32(29,30)27-7-5-25(6-8-27)17-14-20(24-22-15-17)26-9-11-31-12-10-26/h2-3,13-15H,1,4-12H2,(H,23,28). The highest BCUT2D eigenvalue weighted by molar-refractivity contribution is 7.89. The lowest BCUT2D eigenvalue weighted by Crippen LogP contribution is -2.48. The number of carbonyl (C=O) groups is 1. The number of benzene rings is 1. The van der Waals surface area contributed by atoms with Gasteiger partial charge in [-0.1, -0.05) is 0 Å². The summed E-state index contributed by atoms with van der Waals surface area (Å²) in [5.41, 5.74) is 2.51. The lowest BCUT2D eigenvalue weighted by molar-refractivity contribution is -0.116. The van der Waals surface area contributed by atoms with Crippen LogP contribution in [0.25, 0.3) is 0 Å². The molecule has 0 aliphatic carbocycles. The number of sulfonamides is 1. The van der Waals surface area contributed by atoms with Crippen LogP contribution in [-0.4, -0.2) is 81.3 Å². The molecule has 1 aromatic heterocycles. The van der Waals surface area contributed by atoms with Crippen molar-refractivity contribution in [3.8, 4) is 0 Å². The normalized spacial score (nSPS) is 20.1. The van der Waals surface area contributed by atoms with Gasteiger partial charge in [-0.05, 0) is 30.2 Å². The summed E-state index contributed by atoms with van der Waals surface area (Å²) < 4.78 is 33.4. The van der Waals surface area contributed by atoms with E-state index in [1.165, 1.54) is 4.31 Å². The highest BCUT2D eigenvalue weighted by Crippen LogP contribution is 2.28. The topological polar surface area (TPSA) is 108 Å².